The minimum atomic E-state index is -0.461. The molecule has 8 aromatic rings. The summed E-state index contributed by atoms with van der Waals surface area (Å²) in [4.78, 5) is 2.44. The van der Waals surface area contributed by atoms with Crippen LogP contribution < -0.4 is 4.90 Å². The Bertz CT molecular complexity index is 2700. The topological polar surface area (TPSA) is 3.24 Å². The molecule has 0 aromatic heterocycles. The first kappa shape index (κ1) is 34.5. The molecule has 0 heterocycles. The molecule has 2 aliphatic carbocycles. The molecule has 2 aliphatic rings. The van der Waals surface area contributed by atoms with Crippen LogP contribution >= 0.6 is 0 Å². The van der Waals surface area contributed by atoms with E-state index in [-0.39, 0.29) is 0 Å². The molecular weight excluding hydrogens is 687 g/mol. The highest BCUT2D eigenvalue weighted by molar-refractivity contribution is 5.92. The summed E-state index contributed by atoms with van der Waals surface area (Å²) in [5.74, 6) is 0.411. The van der Waals surface area contributed by atoms with Crippen LogP contribution in [0.1, 0.15) is 35.6 Å². The quantitative estimate of drug-likeness (QED) is 0.151. The molecule has 1 unspecified atom stereocenters. The van der Waals surface area contributed by atoms with Crippen LogP contribution in [0.25, 0.3) is 39.0 Å². The zero-order valence-electron chi connectivity index (χ0n) is 32.1. The first-order valence-corrected chi connectivity index (χ1v) is 20.1. The fourth-order valence-electron chi connectivity index (χ4n) is 9.42. The average molecular weight is 730 g/mol. The Hall–Kier alpha value is -6.96. The molecule has 1 heteroatoms. The van der Waals surface area contributed by atoms with Crippen LogP contribution in [0.2, 0.25) is 0 Å². The molecule has 8 aromatic carbocycles. The number of allylic oxidation sites excluding steroid dienone is 4. The predicted octanol–water partition coefficient (Wildman–Crippen LogP) is 14.9. The average Bonchev–Trinajstić information content (AvgIpc) is 3.59. The normalized spacial score (nSPS) is 15.2. The lowest BCUT2D eigenvalue weighted by Crippen LogP contribution is -2.30. The largest absolute Gasteiger partial charge is 0.310 e. The van der Waals surface area contributed by atoms with Crippen molar-refractivity contribution in [3.05, 3.63) is 252 Å². The van der Waals surface area contributed by atoms with Crippen molar-refractivity contribution in [2.75, 3.05) is 4.90 Å². The van der Waals surface area contributed by atoms with Crippen LogP contribution in [-0.2, 0) is 5.41 Å². The van der Waals surface area contributed by atoms with Crippen molar-refractivity contribution < 1.29 is 0 Å². The monoisotopic (exact) mass is 729 g/mol. The maximum atomic E-state index is 2.49. The van der Waals surface area contributed by atoms with Crippen LogP contribution in [0.5, 0.6) is 0 Å². The van der Waals surface area contributed by atoms with Gasteiger partial charge in [0.05, 0.1) is 5.41 Å². The van der Waals surface area contributed by atoms with E-state index in [9.17, 15) is 0 Å². The molecule has 1 nitrogen and oxygen atoms in total. The Morgan fingerprint density at radius 2 is 0.930 bits per heavy atom. The lowest BCUT2D eigenvalue weighted by molar-refractivity contribution is 0.722. The molecule has 0 amide bonds. The molecule has 0 fully saturated rings. The third-order valence-corrected chi connectivity index (χ3v) is 12.0. The highest BCUT2D eigenvalue weighted by atomic mass is 15.1. The molecular formula is C56H43N. The van der Waals surface area contributed by atoms with Gasteiger partial charge in [0.2, 0.25) is 0 Å². The van der Waals surface area contributed by atoms with Crippen LogP contribution in [0, 0.1) is 5.92 Å². The summed E-state index contributed by atoms with van der Waals surface area (Å²) in [7, 11) is 0. The molecule has 0 bridgehead atoms. The van der Waals surface area contributed by atoms with Crippen molar-refractivity contribution in [3.63, 3.8) is 0 Å². The molecule has 0 aliphatic heterocycles. The summed E-state index contributed by atoms with van der Waals surface area (Å²) in [6.45, 7) is 2.39. The Kier molecular flexibility index (Phi) is 8.84. The van der Waals surface area contributed by atoms with Crippen molar-refractivity contribution in [3.8, 4) is 33.4 Å². The SMILES string of the molecule is CC1CC=CC2=C1c1ccc(N(c3ccc(-c4ccccc4-c4ccccc4)cc3)c3cccc(-c4ccccc4)c3)cc1C2(c1ccccc1)c1ccccc1. The number of fused-ring (bicyclic) bond motifs is 2. The highest BCUT2D eigenvalue weighted by Crippen LogP contribution is 2.59. The number of benzene rings is 8. The Balaban J connectivity index is 1.18. The zero-order chi connectivity index (χ0) is 38.2. The third kappa shape index (κ3) is 5.95. The summed E-state index contributed by atoms with van der Waals surface area (Å²) in [5.41, 5.74) is 18.3. The predicted molar refractivity (Wildman–Crippen MR) is 240 cm³/mol. The maximum absolute atomic E-state index is 2.49. The van der Waals surface area contributed by atoms with E-state index < -0.39 is 5.41 Å². The lowest BCUT2D eigenvalue weighted by Gasteiger charge is -2.36. The van der Waals surface area contributed by atoms with E-state index in [1.165, 1.54) is 66.8 Å². The molecule has 0 saturated heterocycles. The first-order chi connectivity index (χ1) is 28.2. The van der Waals surface area contributed by atoms with E-state index in [2.05, 4.69) is 236 Å². The van der Waals surface area contributed by atoms with Crippen LogP contribution in [0.3, 0.4) is 0 Å². The molecule has 10 rings (SSSR count). The van der Waals surface area contributed by atoms with Gasteiger partial charge in [-0.05, 0) is 116 Å². The summed E-state index contributed by atoms with van der Waals surface area (Å²) >= 11 is 0. The molecule has 272 valence electrons. The summed E-state index contributed by atoms with van der Waals surface area (Å²) in [5, 5.41) is 0. The van der Waals surface area contributed by atoms with Gasteiger partial charge >= 0.3 is 0 Å². The van der Waals surface area contributed by atoms with Crippen molar-refractivity contribution in [2.45, 2.75) is 18.8 Å². The van der Waals surface area contributed by atoms with E-state index in [0.29, 0.717) is 5.92 Å². The minimum Gasteiger partial charge on any atom is -0.310 e. The van der Waals surface area contributed by atoms with Crippen molar-refractivity contribution >= 4 is 22.6 Å². The second-order valence-electron chi connectivity index (χ2n) is 15.3. The number of hydrogen-bond donors (Lipinski definition) is 0. The van der Waals surface area contributed by atoms with Gasteiger partial charge < -0.3 is 4.90 Å². The fourth-order valence-corrected chi connectivity index (χ4v) is 9.42. The van der Waals surface area contributed by atoms with Gasteiger partial charge in [-0.3, -0.25) is 0 Å². The summed E-state index contributed by atoms with van der Waals surface area (Å²) < 4.78 is 0. The van der Waals surface area contributed by atoms with Gasteiger partial charge in [0.1, 0.15) is 0 Å². The Morgan fingerprint density at radius 3 is 1.56 bits per heavy atom. The van der Waals surface area contributed by atoms with E-state index in [1.807, 2.05) is 0 Å². The third-order valence-electron chi connectivity index (χ3n) is 12.0. The van der Waals surface area contributed by atoms with Crippen LogP contribution in [0.4, 0.5) is 17.1 Å². The number of anilines is 3. The number of rotatable bonds is 8. The number of nitrogens with zero attached hydrogens (tertiary/aromatic N) is 1. The van der Waals surface area contributed by atoms with Gasteiger partial charge in [-0.15, -0.1) is 0 Å². The molecule has 0 N–H and O–H groups in total. The van der Waals surface area contributed by atoms with E-state index in [4.69, 9.17) is 0 Å². The van der Waals surface area contributed by atoms with Gasteiger partial charge in [-0.1, -0.05) is 195 Å². The molecule has 0 spiro atoms. The lowest BCUT2D eigenvalue weighted by atomic mass is 9.66. The van der Waals surface area contributed by atoms with Gasteiger partial charge in [0, 0.05) is 17.1 Å². The van der Waals surface area contributed by atoms with Crippen LogP contribution in [-0.4, -0.2) is 0 Å². The van der Waals surface area contributed by atoms with Gasteiger partial charge in [-0.2, -0.15) is 0 Å². The Labute approximate surface area is 336 Å². The maximum Gasteiger partial charge on any atom is 0.0711 e. The highest BCUT2D eigenvalue weighted by Gasteiger charge is 2.48. The van der Waals surface area contributed by atoms with Crippen molar-refractivity contribution in [2.24, 2.45) is 5.92 Å². The first-order valence-electron chi connectivity index (χ1n) is 20.1. The molecule has 57 heavy (non-hydrogen) atoms. The van der Waals surface area contributed by atoms with Gasteiger partial charge in [-0.25, -0.2) is 0 Å². The smallest absolute Gasteiger partial charge is 0.0711 e. The van der Waals surface area contributed by atoms with Crippen molar-refractivity contribution in [1.29, 1.82) is 0 Å². The summed E-state index contributed by atoms with van der Waals surface area (Å²) in [6, 6.07) is 77.7. The van der Waals surface area contributed by atoms with E-state index in [0.717, 1.165) is 23.5 Å². The second kappa shape index (κ2) is 14.6. The van der Waals surface area contributed by atoms with E-state index in [1.54, 1.807) is 0 Å². The Morgan fingerprint density at radius 1 is 0.421 bits per heavy atom. The standard InChI is InChI=1S/C56H43N/c1-40-18-16-31-53-55(40)52-37-36-49(39-54(52)56(53,45-24-10-4-11-25-45)46-26-12-5-13-27-46)57(48-28-17-23-44(38-48)41-19-6-2-7-20-41)47-34-32-43(33-35-47)51-30-15-14-29-50(51)42-21-8-3-9-22-42/h2-17,19-40H,18H2,1H3. The molecule has 0 saturated carbocycles. The zero-order valence-corrected chi connectivity index (χ0v) is 32.1. The second-order valence-corrected chi connectivity index (χ2v) is 15.3. The fraction of sp³-hybridized carbons (Fsp3) is 0.0714. The van der Waals surface area contributed by atoms with Gasteiger partial charge in [0.15, 0.2) is 0 Å². The van der Waals surface area contributed by atoms with Gasteiger partial charge in [0.25, 0.3) is 0 Å². The molecule has 1 atom stereocenters. The van der Waals surface area contributed by atoms with E-state index >= 15 is 0 Å². The van der Waals surface area contributed by atoms with Crippen LogP contribution in [0.15, 0.2) is 230 Å². The van der Waals surface area contributed by atoms with Crippen molar-refractivity contribution in [1.82, 2.24) is 0 Å². The summed E-state index contributed by atoms with van der Waals surface area (Å²) in [6.07, 6.45) is 5.84. The minimum absolute atomic E-state index is 0.411. The molecule has 0 radical (unpaired) electrons. The number of hydrogen-bond acceptors (Lipinski definition) is 1.